The highest BCUT2D eigenvalue weighted by atomic mass is 19.4. The van der Waals surface area contributed by atoms with Crippen LogP contribution in [-0.4, -0.2) is 16.4 Å². The molecule has 9 heteroatoms. The van der Waals surface area contributed by atoms with Crippen molar-refractivity contribution >= 4 is 6.01 Å². The number of nitrogen functional groups attached to an aromatic ring is 1. The molecule has 2 N–H and O–H groups in total. The van der Waals surface area contributed by atoms with Gasteiger partial charge in [0.05, 0.1) is 0 Å². The van der Waals surface area contributed by atoms with Gasteiger partial charge in [-0.1, -0.05) is 5.10 Å². The molecule has 0 saturated carbocycles. The monoisotopic (exact) mass is 203 g/mol. The van der Waals surface area contributed by atoms with Crippen LogP contribution >= 0.6 is 0 Å². The average Bonchev–Trinajstić information content (AvgIpc) is 2.33. The van der Waals surface area contributed by atoms with Crippen LogP contribution in [-0.2, 0) is 5.92 Å². The Hall–Kier alpha value is -1.41. The average molecular weight is 203 g/mol. The molecule has 1 heterocycles. The van der Waals surface area contributed by atoms with Crippen molar-refractivity contribution in [1.29, 1.82) is 0 Å². The second-order valence-corrected chi connectivity index (χ2v) is 2.02. The van der Waals surface area contributed by atoms with E-state index in [0.29, 0.717) is 0 Å². The number of hydrogen-bond donors (Lipinski definition) is 1. The molecule has 0 saturated heterocycles. The summed E-state index contributed by atoms with van der Waals surface area (Å²) in [5, 5.41) is 5.12. The first kappa shape index (κ1) is 9.68. The van der Waals surface area contributed by atoms with Gasteiger partial charge in [-0.2, -0.15) is 22.0 Å². The van der Waals surface area contributed by atoms with Gasteiger partial charge in [-0.3, -0.25) is 0 Å². The molecular formula is C4H2F5N3O. The summed E-state index contributed by atoms with van der Waals surface area (Å²) in [5.41, 5.74) is 4.68. The highest BCUT2D eigenvalue weighted by Gasteiger charge is 2.62. The molecule has 0 aliphatic rings. The van der Waals surface area contributed by atoms with Gasteiger partial charge in [0.25, 0.3) is 5.89 Å². The van der Waals surface area contributed by atoms with Crippen LogP contribution in [0, 0.1) is 0 Å². The molecule has 1 rings (SSSR count). The van der Waals surface area contributed by atoms with Crippen LogP contribution in [0.4, 0.5) is 28.0 Å². The summed E-state index contributed by atoms with van der Waals surface area (Å²) >= 11 is 0. The minimum Gasteiger partial charge on any atom is -0.401 e. The lowest BCUT2D eigenvalue weighted by Crippen LogP contribution is -2.34. The van der Waals surface area contributed by atoms with E-state index in [1.165, 1.54) is 0 Å². The minimum absolute atomic E-state index is 0.848. The second-order valence-electron chi connectivity index (χ2n) is 2.02. The fourth-order valence-electron chi connectivity index (χ4n) is 0.483. The molecule has 74 valence electrons. The smallest absolute Gasteiger partial charge is 0.401 e. The summed E-state index contributed by atoms with van der Waals surface area (Å²) in [4.78, 5) is 0. The lowest BCUT2D eigenvalue weighted by atomic mass is 10.3. The molecule has 4 nitrogen and oxygen atoms in total. The van der Waals surface area contributed by atoms with Crippen molar-refractivity contribution in [3.8, 4) is 0 Å². The van der Waals surface area contributed by atoms with E-state index in [-0.39, 0.29) is 0 Å². The SMILES string of the molecule is Nc1nnc(C(F)(F)C(F)(F)F)o1. The number of halogens is 5. The van der Waals surface area contributed by atoms with Crippen LogP contribution in [0.3, 0.4) is 0 Å². The standard InChI is InChI=1S/C4H2F5N3O/c5-3(6,4(7,8)9)1-11-12-2(10)13-1/h(H2,10,12). The summed E-state index contributed by atoms with van der Waals surface area (Å²) in [6, 6.07) is -0.848. The van der Waals surface area contributed by atoms with Crippen LogP contribution in [0.5, 0.6) is 0 Å². The number of rotatable bonds is 1. The van der Waals surface area contributed by atoms with E-state index in [1.54, 1.807) is 0 Å². The Labute approximate surface area is 67.5 Å². The summed E-state index contributed by atoms with van der Waals surface area (Å²) in [6.45, 7) is 0. The Morgan fingerprint density at radius 3 is 1.92 bits per heavy atom. The molecule has 0 atom stereocenters. The Bertz CT molecular complexity index is 305. The number of nitrogens with zero attached hydrogens (tertiary/aromatic N) is 2. The van der Waals surface area contributed by atoms with Gasteiger partial charge in [0.2, 0.25) is 0 Å². The molecule has 0 aliphatic carbocycles. The van der Waals surface area contributed by atoms with E-state index < -0.39 is 24.0 Å². The van der Waals surface area contributed by atoms with Gasteiger partial charge in [-0.15, -0.1) is 5.10 Å². The highest BCUT2D eigenvalue weighted by Crippen LogP contribution is 2.43. The first-order chi connectivity index (χ1) is 5.75. The predicted molar refractivity (Wildman–Crippen MR) is 28.7 cm³/mol. The van der Waals surface area contributed by atoms with Crippen molar-refractivity contribution in [3.05, 3.63) is 5.89 Å². The molecule has 0 fully saturated rings. The van der Waals surface area contributed by atoms with Crippen LogP contribution in [0.15, 0.2) is 4.42 Å². The summed E-state index contributed by atoms with van der Waals surface area (Å²) in [5.74, 6) is -7.03. The van der Waals surface area contributed by atoms with Gasteiger partial charge in [-0.25, -0.2) is 0 Å². The zero-order valence-corrected chi connectivity index (χ0v) is 5.77. The van der Waals surface area contributed by atoms with Crippen molar-refractivity contribution in [2.75, 3.05) is 5.73 Å². The summed E-state index contributed by atoms with van der Waals surface area (Å²) < 4.78 is 63.2. The third kappa shape index (κ3) is 1.53. The lowest BCUT2D eigenvalue weighted by Gasteiger charge is -2.14. The largest absolute Gasteiger partial charge is 0.463 e. The van der Waals surface area contributed by atoms with E-state index in [0.717, 1.165) is 0 Å². The molecule has 0 aromatic carbocycles. The maximum atomic E-state index is 12.3. The van der Waals surface area contributed by atoms with Crippen molar-refractivity contribution in [1.82, 2.24) is 10.2 Å². The molecule has 0 spiro atoms. The number of hydrogen-bond acceptors (Lipinski definition) is 4. The Kier molecular flexibility index (Phi) is 1.89. The molecule has 1 aromatic rings. The Balaban J connectivity index is 3.07. The normalized spacial score (nSPS) is 13.3. The highest BCUT2D eigenvalue weighted by molar-refractivity contribution is 5.08. The van der Waals surface area contributed by atoms with Crippen molar-refractivity contribution in [2.24, 2.45) is 0 Å². The van der Waals surface area contributed by atoms with E-state index in [1.807, 2.05) is 0 Å². The summed E-state index contributed by atoms with van der Waals surface area (Å²) in [6.07, 6.45) is -5.77. The van der Waals surface area contributed by atoms with E-state index in [2.05, 4.69) is 20.3 Å². The predicted octanol–water partition coefficient (Wildman–Crippen LogP) is 1.31. The van der Waals surface area contributed by atoms with Crippen molar-refractivity contribution < 1.29 is 26.4 Å². The third-order valence-corrected chi connectivity index (χ3v) is 1.07. The van der Waals surface area contributed by atoms with E-state index >= 15 is 0 Å². The second kappa shape index (κ2) is 2.54. The van der Waals surface area contributed by atoms with Gasteiger partial charge in [0.1, 0.15) is 0 Å². The van der Waals surface area contributed by atoms with Crippen LogP contribution in [0.1, 0.15) is 5.89 Å². The lowest BCUT2D eigenvalue weighted by molar-refractivity contribution is -0.297. The molecule has 0 bridgehead atoms. The van der Waals surface area contributed by atoms with Crippen molar-refractivity contribution in [2.45, 2.75) is 12.1 Å². The Morgan fingerprint density at radius 1 is 1.08 bits per heavy atom. The van der Waals surface area contributed by atoms with Gasteiger partial charge in [-0.05, 0) is 0 Å². The third-order valence-electron chi connectivity index (χ3n) is 1.07. The van der Waals surface area contributed by atoms with Crippen LogP contribution in [0.2, 0.25) is 0 Å². The first-order valence-electron chi connectivity index (χ1n) is 2.79. The van der Waals surface area contributed by atoms with E-state index in [4.69, 9.17) is 0 Å². The zero-order chi connectivity index (χ0) is 10.3. The van der Waals surface area contributed by atoms with Gasteiger partial charge in [0, 0.05) is 0 Å². The quantitative estimate of drug-likeness (QED) is 0.698. The Morgan fingerprint density at radius 2 is 1.62 bits per heavy atom. The van der Waals surface area contributed by atoms with Crippen molar-refractivity contribution in [3.63, 3.8) is 0 Å². The fraction of sp³-hybridized carbons (Fsp3) is 0.500. The van der Waals surface area contributed by atoms with Gasteiger partial charge in [0.15, 0.2) is 0 Å². The number of nitrogens with two attached hydrogens (primary N) is 1. The molecule has 0 aliphatic heterocycles. The maximum Gasteiger partial charge on any atom is 0.463 e. The van der Waals surface area contributed by atoms with E-state index in [9.17, 15) is 22.0 Å². The molecule has 0 unspecified atom stereocenters. The molecule has 0 radical (unpaired) electrons. The molecule has 0 amide bonds. The molecular weight excluding hydrogens is 201 g/mol. The first-order valence-corrected chi connectivity index (χ1v) is 2.79. The summed E-state index contributed by atoms with van der Waals surface area (Å²) in [7, 11) is 0. The van der Waals surface area contributed by atoms with Crippen LogP contribution in [0.25, 0.3) is 0 Å². The van der Waals surface area contributed by atoms with Crippen LogP contribution < -0.4 is 5.73 Å². The number of alkyl halides is 5. The van der Waals surface area contributed by atoms with Gasteiger partial charge >= 0.3 is 18.1 Å². The molecule has 13 heavy (non-hydrogen) atoms. The van der Waals surface area contributed by atoms with Gasteiger partial charge < -0.3 is 10.2 Å². The fourth-order valence-corrected chi connectivity index (χ4v) is 0.483. The number of aromatic nitrogens is 2. The maximum absolute atomic E-state index is 12.3. The molecule has 1 aromatic heterocycles. The topological polar surface area (TPSA) is 64.9 Å². The minimum atomic E-state index is -5.77. The zero-order valence-electron chi connectivity index (χ0n) is 5.77. The number of anilines is 1.